The highest BCUT2D eigenvalue weighted by atomic mass is 16.5. The van der Waals surface area contributed by atoms with Gasteiger partial charge in [0.25, 0.3) is 0 Å². The number of nitrogens with one attached hydrogen (secondary N) is 3. The van der Waals surface area contributed by atoms with Crippen molar-refractivity contribution in [3.8, 4) is 5.75 Å². The summed E-state index contributed by atoms with van der Waals surface area (Å²) in [7, 11) is 1.71. The first-order valence-corrected chi connectivity index (χ1v) is 14.4. The highest BCUT2D eigenvalue weighted by molar-refractivity contribution is 5.94. The minimum absolute atomic E-state index is 0.0919. The number of hydrogen-bond donors (Lipinski definition) is 3. The molecule has 8 heteroatoms. The summed E-state index contributed by atoms with van der Waals surface area (Å²) in [6.07, 6.45) is 3.26. The summed E-state index contributed by atoms with van der Waals surface area (Å²) < 4.78 is 5.72. The summed E-state index contributed by atoms with van der Waals surface area (Å²) >= 11 is 0. The van der Waals surface area contributed by atoms with Gasteiger partial charge in [-0.1, -0.05) is 51.1 Å². The predicted molar refractivity (Wildman–Crippen MR) is 156 cm³/mol. The second-order valence-electron chi connectivity index (χ2n) is 12.0. The molecule has 0 bridgehead atoms. The van der Waals surface area contributed by atoms with Crippen molar-refractivity contribution in [1.29, 1.82) is 0 Å². The molecule has 2 aliphatic rings. The van der Waals surface area contributed by atoms with Crippen molar-refractivity contribution in [3.05, 3.63) is 64.7 Å². The molecule has 8 nitrogen and oxygen atoms in total. The lowest BCUT2D eigenvalue weighted by Gasteiger charge is -2.41. The average Bonchev–Trinajstić information content (AvgIpc) is 2.94. The Hall–Kier alpha value is -3.39. The van der Waals surface area contributed by atoms with Crippen LogP contribution in [0.3, 0.4) is 0 Å². The summed E-state index contributed by atoms with van der Waals surface area (Å²) in [5, 5.41) is 9.19. The van der Waals surface area contributed by atoms with Gasteiger partial charge in [-0.25, -0.2) is 0 Å². The van der Waals surface area contributed by atoms with Crippen LogP contribution in [0.2, 0.25) is 0 Å². The van der Waals surface area contributed by atoms with Crippen LogP contribution in [-0.4, -0.2) is 54.4 Å². The molecule has 0 saturated carbocycles. The predicted octanol–water partition coefficient (Wildman–Crippen LogP) is 3.67. The van der Waals surface area contributed by atoms with Crippen molar-refractivity contribution >= 4 is 17.7 Å². The fraction of sp³-hybridized carbons (Fsp3) is 0.531. The number of likely N-dealkylation sites (N-methyl/N-ethyl adjacent to an activating group) is 1. The molecule has 1 aliphatic carbocycles. The van der Waals surface area contributed by atoms with E-state index in [0.717, 1.165) is 41.7 Å². The molecule has 2 aromatic rings. The minimum Gasteiger partial charge on any atom is -0.494 e. The zero-order valence-corrected chi connectivity index (χ0v) is 24.7. The smallest absolute Gasteiger partial charge is 0.246 e. The summed E-state index contributed by atoms with van der Waals surface area (Å²) in [6.45, 7) is 10.3. The first-order chi connectivity index (χ1) is 19.0. The van der Waals surface area contributed by atoms with E-state index in [0.29, 0.717) is 13.0 Å². The lowest BCUT2D eigenvalue weighted by molar-refractivity contribution is -0.147. The Morgan fingerprint density at radius 1 is 1.07 bits per heavy atom. The van der Waals surface area contributed by atoms with Crippen LogP contribution in [0.1, 0.15) is 75.8 Å². The number of ether oxygens (including phenoxy) is 1. The van der Waals surface area contributed by atoms with Crippen LogP contribution in [0.15, 0.2) is 42.5 Å². The molecule has 4 atom stereocenters. The molecular formula is C32H44N4O4. The quantitative estimate of drug-likeness (QED) is 0.468. The Balaban J connectivity index is 1.67. The van der Waals surface area contributed by atoms with Crippen LogP contribution in [-0.2, 0) is 33.8 Å². The van der Waals surface area contributed by atoms with Crippen molar-refractivity contribution in [3.63, 3.8) is 0 Å². The SMILES string of the molecule is CCOc1ccc2c(c1)CN(C(=O)[C@@H](NC(=O)[C@H](C)NC)C(C)(C)C)[C@H](C(=O)NC1CCCc3ccccc31)C2. The maximum Gasteiger partial charge on any atom is 0.246 e. The summed E-state index contributed by atoms with van der Waals surface area (Å²) in [5.74, 6) is 0.0449. The lowest BCUT2D eigenvalue weighted by Crippen LogP contribution is -2.62. The maximum atomic E-state index is 14.3. The molecule has 3 N–H and O–H groups in total. The highest BCUT2D eigenvalue weighted by Crippen LogP contribution is 2.33. The molecule has 0 radical (unpaired) electrons. The van der Waals surface area contributed by atoms with Crippen LogP contribution >= 0.6 is 0 Å². The molecule has 1 heterocycles. The van der Waals surface area contributed by atoms with E-state index in [4.69, 9.17) is 4.74 Å². The van der Waals surface area contributed by atoms with E-state index in [1.807, 2.05) is 58.0 Å². The number of aryl methyl sites for hydroxylation is 1. The Morgan fingerprint density at radius 2 is 1.82 bits per heavy atom. The zero-order valence-electron chi connectivity index (χ0n) is 24.7. The van der Waals surface area contributed by atoms with Gasteiger partial charge in [0.05, 0.1) is 18.7 Å². The van der Waals surface area contributed by atoms with Gasteiger partial charge >= 0.3 is 0 Å². The standard InChI is InChI=1S/C32H44N4O4/c1-7-40-24-16-15-22-18-27(30(38)34-26-14-10-12-21-11-8-9-13-25(21)26)36(19-23(22)17-24)31(39)28(32(3,4)5)35-29(37)20(2)33-6/h8-9,11,13,15-17,20,26-28,33H,7,10,12,14,18-19H2,1-6H3,(H,34,38)(H,35,37)/t20-,26?,27-,28+/m0/s1. The number of amides is 3. The van der Waals surface area contributed by atoms with Gasteiger partial charge in [-0.3, -0.25) is 14.4 Å². The van der Waals surface area contributed by atoms with E-state index in [9.17, 15) is 14.4 Å². The average molecular weight is 549 g/mol. The number of benzene rings is 2. The second kappa shape index (κ2) is 12.4. The monoisotopic (exact) mass is 548 g/mol. The lowest BCUT2D eigenvalue weighted by atomic mass is 9.83. The number of fused-ring (bicyclic) bond motifs is 2. The minimum atomic E-state index is -0.807. The Morgan fingerprint density at radius 3 is 2.52 bits per heavy atom. The third-order valence-corrected chi connectivity index (χ3v) is 8.12. The summed E-state index contributed by atoms with van der Waals surface area (Å²) in [5.41, 5.74) is 3.82. The number of carbonyl (C=O) groups excluding carboxylic acids is 3. The molecule has 40 heavy (non-hydrogen) atoms. The van der Waals surface area contributed by atoms with Crippen LogP contribution in [0.4, 0.5) is 0 Å². The van der Waals surface area contributed by atoms with Crippen LogP contribution < -0.4 is 20.7 Å². The van der Waals surface area contributed by atoms with Gasteiger partial charge in [0.1, 0.15) is 17.8 Å². The van der Waals surface area contributed by atoms with Crippen LogP contribution in [0, 0.1) is 5.41 Å². The highest BCUT2D eigenvalue weighted by Gasteiger charge is 2.43. The summed E-state index contributed by atoms with van der Waals surface area (Å²) in [4.78, 5) is 42.8. The normalized spacial score (nSPS) is 20.0. The van der Waals surface area contributed by atoms with Crippen molar-refractivity contribution in [1.82, 2.24) is 20.9 Å². The molecule has 0 fully saturated rings. The fourth-order valence-corrected chi connectivity index (χ4v) is 5.67. The van der Waals surface area contributed by atoms with Gasteiger partial charge in [-0.15, -0.1) is 0 Å². The Labute approximate surface area is 238 Å². The maximum absolute atomic E-state index is 14.3. The molecule has 216 valence electrons. The zero-order chi connectivity index (χ0) is 29.0. The van der Waals surface area contributed by atoms with Crippen molar-refractivity contribution in [2.24, 2.45) is 5.41 Å². The molecule has 4 rings (SSSR count). The molecule has 1 aliphatic heterocycles. The van der Waals surface area contributed by atoms with Crippen molar-refractivity contribution in [2.45, 2.75) is 91.0 Å². The fourth-order valence-electron chi connectivity index (χ4n) is 5.67. The third-order valence-electron chi connectivity index (χ3n) is 8.12. The largest absolute Gasteiger partial charge is 0.494 e. The first-order valence-electron chi connectivity index (χ1n) is 14.4. The van der Waals surface area contributed by atoms with E-state index in [-0.39, 0.29) is 30.3 Å². The van der Waals surface area contributed by atoms with E-state index in [1.165, 1.54) is 5.56 Å². The topological polar surface area (TPSA) is 99.8 Å². The van der Waals surface area contributed by atoms with Gasteiger partial charge in [0.2, 0.25) is 17.7 Å². The number of rotatable bonds is 8. The Kier molecular flexibility index (Phi) is 9.19. The van der Waals surface area contributed by atoms with Crippen molar-refractivity contribution < 1.29 is 19.1 Å². The van der Waals surface area contributed by atoms with Crippen molar-refractivity contribution in [2.75, 3.05) is 13.7 Å². The van der Waals surface area contributed by atoms with E-state index < -0.39 is 23.5 Å². The molecular weight excluding hydrogens is 504 g/mol. The van der Waals surface area contributed by atoms with Gasteiger partial charge in [0.15, 0.2) is 0 Å². The third kappa shape index (κ3) is 6.49. The molecule has 0 saturated heterocycles. The van der Waals surface area contributed by atoms with Crippen LogP contribution in [0.25, 0.3) is 0 Å². The number of carbonyl (C=O) groups is 3. The van der Waals surface area contributed by atoms with Gasteiger partial charge in [-0.2, -0.15) is 0 Å². The van der Waals surface area contributed by atoms with Crippen LogP contribution in [0.5, 0.6) is 5.75 Å². The number of nitrogens with zero attached hydrogens (tertiary/aromatic N) is 1. The molecule has 1 unspecified atom stereocenters. The number of hydrogen-bond acceptors (Lipinski definition) is 5. The molecule has 3 amide bonds. The van der Waals surface area contributed by atoms with E-state index in [1.54, 1.807) is 18.9 Å². The molecule has 0 spiro atoms. The molecule has 0 aromatic heterocycles. The van der Waals surface area contributed by atoms with Gasteiger partial charge in [-0.05, 0) is 80.0 Å². The Bertz CT molecular complexity index is 1240. The van der Waals surface area contributed by atoms with Gasteiger partial charge in [0, 0.05) is 13.0 Å². The molecule has 2 aromatic carbocycles. The van der Waals surface area contributed by atoms with E-state index >= 15 is 0 Å². The second-order valence-corrected chi connectivity index (χ2v) is 12.0. The van der Waals surface area contributed by atoms with Gasteiger partial charge < -0.3 is 25.6 Å². The first kappa shape index (κ1) is 29.6. The summed E-state index contributed by atoms with van der Waals surface area (Å²) in [6, 6.07) is 12.1. The van der Waals surface area contributed by atoms with E-state index in [2.05, 4.69) is 28.1 Å².